The molecular formula is C15H13BrClFO. The molecule has 2 rings (SSSR count). The highest BCUT2D eigenvalue weighted by atomic mass is 79.9. The van der Waals surface area contributed by atoms with Gasteiger partial charge in [0.1, 0.15) is 5.82 Å². The van der Waals surface area contributed by atoms with E-state index in [0.717, 1.165) is 11.1 Å². The molecule has 0 aromatic heterocycles. The largest absolute Gasteiger partial charge is 0.388 e. The molecule has 2 aromatic carbocycles. The number of halogens is 3. The van der Waals surface area contributed by atoms with Gasteiger partial charge in [-0.25, -0.2) is 4.39 Å². The molecule has 0 heterocycles. The van der Waals surface area contributed by atoms with Gasteiger partial charge in [0.05, 0.1) is 10.6 Å². The van der Waals surface area contributed by atoms with Gasteiger partial charge in [-0.3, -0.25) is 0 Å². The van der Waals surface area contributed by atoms with Crippen LogP contribution in [0.5, 0.6) is 0 Å². The first-order valence-corrected chi connectivity index (χ1v) is 7.02. The predicted octanol–water partition coefficient (Wildman–Crippen LogP) is 4.83. The van der Waals surface area contributed by atoms with E-state index in [1.54, 1.807) is 12.1 Å². The van der Waals surface area contributed by atoms with Crippen molar-refractivity contribution < 1.29 is 9.50 Å². The molecule has 1 N–H and O–H groups in total. The lowest BCUT2D eigenvalue weighted by molar-refractivity contribution is 0.178. The van der Waals surface area contributed by atoms with E-state index in [-0.39, 0.29) is 5.82 Å². The van der Waals surface area contributed by atoms with Crippen LogP contribution in [-0.2, 0) is 6.42 Å². The number of aryl methyl sites for hydroxylation is 1. The van der Waals surface area contributed by atoms with Gasteiger partial charge in [0.25, 0.3) is 0 Å². The van der Waals surface area contributed by atoms with Crippen LogP contribution in [0, 0.1) is 12.7 Å². The molecule has 0 fully saturated rings. The van der Waals surface area contributed by atoms with Crippen molar-refractivity contribution in [1.82, 2.24) is 0 Å². The zero-order chi connectivity index (χ0) is 14.0. The molecule has 0 aliphatic carbocycles. The molecule has 19 heavy (non-hydrogen) atoms. The van der Waals surface area contributed by atoms with Gasteiger partial charge in [-0.05, 0) is 57.7 Å². The molecule has 0 saturated carbocycles. The number of hydrogen-bond acceptors (Lipinski definition) is 1. The summed E-state index contributed by atoms with van der Waals surface area (Å²) in [5, 5.41) is 10.8. The Labute approximate surface area is 125 Å². The van der Waals surface area contributed by atoms with Crippen LogP contribution in [0.3, 0.4) is 0 Å². The van der Waals surface area contributed by atoms with Crippen LogP contribution in [0.15, 0.2) is 40.9 Å². The topological polar surface area (TPSA) is 20.2 Å². The number of rotatable bonds is 3. The quantitative estimate of drug-likeness (QED) is 0.846. The number of aliphatic hydroxyl groups excluding tert-OH is 1. The van der Waals surface area contributed by atoms with Gasteiger partial charge in [0.15, 0.2) is 0 Å². The van der Waals surface area contributed by atoms with Crippen molar-refractivity contribution in [2.75, 3.05) is 0 Å². The summed E-state index contributed by atoms with van der Waals surface area (Å²) in [6, 6.07) is 10.3. The summed E-state index contributed by atoms with van der Waals surface area (Å²) in [6.45, 7) is 1.94. The Morgan fingerprint density at radius 2 is 2.00 bits per heavy atom. The van der Waals surface area contributed by atoms with Crippen LogP contribution in [0.2, 0.25) is 5.02 Å². The Morgan fingerprint density at radius 3 is 2.63 bits per heavy atom. The van der Waals surface area contributed by atoms with E-state index in [0.29, 0.717) is 21.5 Å². The fraction of sp³-hybridized carbons (Fsp3) is 0.200. The van der Waals surface area contributed by atoms with E-state index in [9.17, 15) is 9.50 Å². The SMILES string of the molecule is Cc1ccc(C(O)Cc2ccc(F)c(Br)c2)c(Cl)c1. The third-order valence-electron chi connectivity index (χ3n) is 2.93. The van der Waals surface area contributed by atoms with Gasteiger partial charge in [0.2, 0.25) is 0 Å². The molecular weight excluding hydrogens is 331 g/mol. The number of aliphatic hydroxyl groups is 1. The molecule has 1 nitrogen and oxygen atoms in total. The summed E-state index contributed by atoms with van der Waals surface area (Å²) < 4.78 is 13.5. The van der Waals surface area contributed by atoms with Crippen molar-refractivity contribution in [3.63, 3.8) is 0 Å². The average molecular weight is 344 g/mol. The highest BCUT2D eigenvalue weighted by Crippen LogP contribution is 2.27. The number of hydrogen-bond donors (Lipinski definition) is 1. The van der Waals surface area contributed by atoms with Crippen molar-refractivity contribution in [2.24, 2.45) is 0 Å². The fourth-order valence-corrected chi connectivity index (χ4v) is 2.69. The molecule has 0 aliphatic heterocycles. The van der Waals surface area contributed by atoms with Gasteiger partial charge in [0, 0.05) is 11.4 Å². The van der Waals surface area contributed by atoms with Crippen LogP contribution in [0.25, 0.3) is 0 Å². The second-order valence-electron chi connectivity index (χ2n) is 4.49. The van der Waals surface area contributed by atoms with Crippen LogP contribution in [-0.4, -0.2) is 5.11 Å². The van der Waals surface area contributed by atoms with E-state index in [1.807, 2.05) is 25.1 Å². The predicted molar refractivity (Wildman–Crippen MR) is 79.0 cm³/mol. The van der Waals surface area contributed by atoms with Crippen LogP contribution < -0.4 is 0 Å². The minimum Gasteiger partial charge on any atom is -0.388 e. The third kappa shape index (κ3) is 3.56. The van der Waals surface area contributed by atoms with E-state index in [2.05, 4.69) is 15.9 Å². The zero-order valence-electron chi connectivity index (χ0n) is 10.3. The van der Waals surface area contributed by atoms with Gasteiger partial charge in [-0.2, -0.15) is 0 Å². The Bertz CT molecular complexity index is 601. The van der Waals surface area contributed by atoms with Crippen molar-refractivity contribution in [3.8, 4) is 0 Å². The first kappa shape index (κ1) is 14.5. The van der Waals surface area contributed by atoms with Crippen molar-refractivity contribution >= 4 is 27.5 Å². The summed E-state index contributed by atoms with van der Waals surface area (Å²) in [5.41, 5.74) is 2.58. The molecule has 4 heteroatoms. The molecule has 100 valence electrons. The zero-order valence-corrected chi connectivity index (χ0v) is 12.7. The Balaban J connectivity index is 2.20. The molecule has 0 spiro atoms. The van der Waals surface area contributed by atoms with Gasteiger partial charge in [-0.1, -0.05) is 29.8 Å². The minimum absolute atomic E-state index is 0.313. The summed E-state index contributed by atoms with van der Waals surface area (Å²) in [7, 11) is 0. The van der Waals surface area contributed by atoms with E-state index < -0.39 is 6.10 Å². The summed E-state index contributed by atoms with van der Waals surface area (Å²) in [6.07, 6.45) is -0.313. The smallest absolute Gasteiger partial charge is 0.137 e. The number of benzene rings is 2. The fourth-order valence-electron chi connectivity index (χ4n) is 1.90. The average Bonchev–Trinajstić information content (AvgIpc) is 2.33. The Kier molecular flexibility index (Phi) is 4.61. The first-order chi connectivity index (χ1) is 8.97. The standard InChI is InChI=1S/C15H13BrClFO/c1-9-2-4-11(13(17)6-9)15(19)8-10-3-5-14(18)12(16)7-10/h2-7,15,19H,8H2,1H3. The van der Waals surface area contributed by atoms with E-state index in [4.69, 9.17) is 11.6 Å². The van der Waals surface area contributed by atoms with Gasteiger partial charge in [-0.15, -0.1) is 0 Å². The van der Waals surface area contributed by atoms with E-state index >= 15 is 0 Å². The monoisotopic (exact) mass is 342 g/mol. The third-order valence-corrected chi connectivity index (χ3v) is 3.86. The summed E-state index contributed by atoms with van der Waals surface area (Å²) in [4.78, 5) is 0. The minimum atomic E-state index is -0.703. The Hall–Kier alpha value is -0.900. The molecule has 0 bridgehead atoms. The lowest BCUT2D eigenvalue weighted by Gasteiger charge is -2.13. The summed E-state index contributed by atoms with van der Waals surface area (Å²) in [5.74, 6) is -0.313. The molecule has 0 amide bonds. The molecule has 0 aliphatic rings. The second-order valence-corrected chi connectivity index (χ2v) is 5.75. The highest BCUT2D eigenvalue weighted by Gasteiger charge is 2.13. The molecule has 0 radical (unpaired) electrons. The molecule has 2 aromatic rings. The normalized spacial score (nSPS) is 12.5. The van der Waals surface area contributed by atoms with Crippen molar-refractivity contribution in [3.05, 3.63) is 68.4 Å². The second kappa shape index (κ2) is 6.04. The van der Waals surface area contributed by atoms with E-state index in [1.165, 1.54) is 6.07 Å². The first-order valence-electron chi connectivity index (χ1n) is 5.85. The maximum Gasteiger partial charge on any atom is 0.137 e. The van der Waals surface area contributed by atoms with Crippen LogP contribution in [0.4, 0.5) is 4.39 Å². The van der Waals surface area contributed by atoms with Crippen molar-refractivity contribution in [2.45, 2.75) is 19.4 Å². The maximum absolute atomic E-state index is 13.1. The van der Waals surface area contributed by atoms with Gasteiger partial charge >= 0.3 is 0 Å². The van der Waals surface area contributed by atoms with Crippen molar-refractivity contribution in [1.29, 1.82) is 0 Å². The van der Waals surface area contributed by atoms with Crippen LogP contribution >= 0.6 is 27.5 Å². The highest BCUT2D eigenvalue weighted by molar-refractivity contribution is 9.10. The molecule has 1 atom stereocenters. The molecule has 1 unspecified atom stereocenters. The molecule has 0 saturated heterocycles. The van der Waals surface area contributed by atoms with Crippen LogP contribution in [0.1, 0.15) is 22.8 Å². The van der Waals surface area contributed by atoms with Gasteiger partial charge < -0.3 is 5.11 Å². The lowest BCUT2D eigenvalue weighted by atomic mass is 10.0. The maximum atomic E-state index is 13.1. The summed E-state index contributed by atoms with van der Waals surface area (Å²) >= 11 is 9.25. The Morgan fingerprint density at radius 1 is 1.26 bits per heavy atom. The lowest BCUT2D eigenvalue weighted by Crippen LogP contribution is -2.03.